The van der Waals surface area contributed by atoms with Crippen LogP contribution in [0, 0.1) is 0 Å². The van der Waals surface area contributed by atoms with Crippen molar-refractivity contribution in [3.05, 3.63) is 54.6 Å². The van der Waals surface area contributed by atoms with Gasteiger partial charge >= 0.3 is 6.18 Å². The summed E-state index contributed by atoms with van der Waals surface area (Å²) in [5, 5.41) is 7.76. The highest BCUT2D eigenvalue weighted by molar-refractivity contribution is 7.22. The molecule has 0 saturated carbocycles. The normalized spacial score (nSPS) is 11.7. The number of hydrogen-bond donors (Lipinski definition) is 1. The summed E-state index contributed by atoms with van der Waals surface area (Å²) < 4.78 is 41.0. The summed E-state index contributed by atoms with van der Waals surface area (Å²) in [5.41, 5.74) is 1.62. The lowest BCUT2D eigenvalue weighted by molar-refractivity contribution is -0.137. The molecule has 0 saturated heterocycles. The minimum atomic E-state index is -4.44. The second-order valence-electron chi connectivity index (χ2n) is 5.90. The minimum Gasteiger partial charge on any atom is -0.329 e. The predicted molar refractivity (Wildman–Crippen MR) is 99.4 cm³/mol. The van der Waals surface area contributed by atoms with Gasteiger partial charge in [0.2, 0.25) is 0 Å². The Morgan fingerprint density at radius 3 is 2.79 bits per heavy atom. The van der Waals surface area contributed by atoms with Crippen LogP contribution in [0.4, 0.5) is 24.0 Å². The number of thiazole rings is 1. The zero-order valence-corrected chi connectivity index (χ0v) is 15.0. The summed E-state index contributed by atoms with van der Waals surface area (Å²) in [6, 6.07) is 6.33. The number of carbonyl (C=O) groups excluding carboxylic acids is 1. The quantitative estimate of drug-likeness (QED) is 0.496. The highest BCUT2D eigenvalue weighted by Crippen LogP contribution is 2.34. The second kappa shape index (κ2) is 7.04. The Labute approximate surface area is 160 Å². The molecular weight excluding hydrogens is 391 g/mol. The molecule has 10 heteroatoms. The van der Waals surface area contributed by atoms with Gasteiger partial charge < -0.3 is 10.1 Å². The number of carbonyl (C=O) groups is 1. The van der Waals surface area contributed by atoms with Gasteiger partial charge in [0.25, 0.3) is 0 Å². The molecule has 4 aromatic rings. The molecule has 28 heavy (non-hydrogen) atoms. The summed E-state index contributed by atoms with van der Waals surface area (Å²) in [7, 11) is 0. The summed E-state index contributed by atoms with van der Waals surface area (Å²) in [6.07, 6.45) is 1.77. The molecule has 0 aliphatic rings. The molecule has 4 rings (SSSR count). The third-order valence-electron chi connectivity index (χ3n) is 3.93. The number of hydrogen-bond acceptors (Lipinski definition) is 6. The van der Waals surface area contributed by atoms with Gasteiger partial charge in [-0.15, -0.1) is 0 Å². The number of pyridine rings is 1. The van der Waals surface area contributed by atoms with E-state index in [-0.39, 0.29) is 6.54 Å². The molecule has 0 radical (unpaired) electrons. The van der Waals surface area contributed by atoms with E-state index in [1.54, 1.807) is 30.6 Å². The largest absolute Gasteiger partial charge is 0.417 e. The molecule has 0 spiro atoms. The standard InChI is InChI=1S/C18H12F3N5OS/c19-18(20,21)13-5-12(7-22-8-13)11-1-2-15-16(6-11)28-17(25-15)24-14-9-23-26(10-14)3-4-27/h1-2,4-10H,3H2,(H,24,25). The van der Waals surface area contributed by atoms with Crippen LogP contribution in [0.3, 0.4) is 0 Å². The van der Waals surface area contributed by atoms with Crippen molar-refractivity contribution in [1.29, 1.82) is 0 Å². The molecule has 0 unspecified atom stereocenters. The van der Waals surface area contributed by atoms with Crippen molar-refractivity contribution >= 4 is 38.7 Å². The van der Waals surface area contributed by atoms with Crippen molar-refractivity contribution in [3.8, 4) is 11.1 Å². The first-order valence-electron chi connectivity index (χ1n) is 8.09. The maximum absolute atomic E-state index is 12.9. The van der Waals surface area contributed by atoms with Gasteiger partial charge in [-0.2, -0.15) is 18.3 Å². The van der Waals surface area contributed by atoms with Crippen molar-refractivity contribution in [2.24, 2.45) is 0 Å². The zero-order valence-electron chi connectivity index (χ0n) is 14.1. The number of halogens is 3. The van der Waals surface area contributed by atoms with E-state index >= 15 is 0 Å². The average molecular weight is 403 g/mol. The lowest BCUT2D eigenvalue weighted by Gasteiger charge is -2.08. The summed E-state index contributed by atoms with van der Waals surface area (Å²) in [5.74, 6) is 0. The summed E-state index contributed by atoms with van der Waals surface area (Å²) in [6.45, 7) is 0.163. The van der Waals surface area contributed by atoms with Crippen LogP contribution in [0.5, 0.6) is 0 Å². The number of alkyl halides is 3. The number of nitrogens with zero attached hydrogens (tertiary/aromatic N) is 4. The first-order valence-corrected chi connectivity index (χ1v) is 8.90. The van der Waals surface area contributed by atoms with E-state index in [1.807, 2.05) is 0 Å². The molecule has 0 aliphatic carbocycles. The van der Waals surface area contributed by atoms with E-state index in [2.05, 4.69) is 20.4 Å². The van der Waals surface area contributed by atoms with Crippen LogP contribution in [-0.4, -0.2) is 26.0 Å². The summed E-state index contributed by atoms with van der Waals surface area (Å²) in [4.78, 5) is 18.7. The Morgan fingerprint density at radius 1 is 1.14 bits per heavy atom. The van der Waals surface area contributed by atoms with E-state index < -0.39 is 11.7 Å². The molecule has 0 aliphatic heterocycles. The maximum atomic E-state index is 12.9. The number of benzene rings is 1. The number of nitrogens with one attached hydrogen (secondary N) is 1. The summed E-state index contributed by atoms with van der Waals surface area (Å²) >= 11 is 1.36. The Hall–Kier alpha value is -3.27. The SMILES string of the molecule is O=CCn1cc(Nc2nc3ccc(-c4cncc(C(F)(F)F)c4)cc3s2)cn1. The van der Waals surface area contributed by atoms with Crippen molar-refractivity contribution < 1.29 is 18.0 Å². The number of rotatable bonds is 5. The van der Waals surface area contributed by atoms with Gasteiger partial charge in [0, 0.05) is 24.2 Å². The average Bonchev–Trinajstić information content (AvgIpc) is 3.27. The highest BCUT2D eigenvalue weighted by atomic mass is 32.1. The van der Waals surface area contributed by atoms with Crippen LogP contribution in [0.25, 0.3) is 21.3 Å². The molecule has 3 aromatic heterocycles. The van der Waals surface area contributed by atoms with Crippen LogP contribution in [0.2, 0.25) is 0 Å². The minimum absolute atomic E-state index is 0.163. The second-order valence-corrected chi connectivity index (χ2v) is 6.93. The van der Waals surface area contributed by atoms with Gasteiger partial charge in [-0.05, 0) is 23.8 Å². The lowest BCUT2D eigenvalue weighted by atomic mass is 10.1. The smallest absolute Gasteiger partial charge is 0.329 e. The molecule has 0 bridgehead atoms. The van der Waals surface area contributed by atoms with Gasteiger partial charge in [0.05, 0.1) is 34.2 Å². The molecule has 3 heterocycles. The third-order valence-corrected chi connectivity index (χ3v) is 4.87. The van der Waals surface area contributed by atoms with E-state index in [9.17, 15) is 18.0 Å². The number of aldehydes is 1. The third kappa shape index (κ3) is 3.72. The molecule has 0 amide bonds. The first-order chi connectivity index (χ1) is 13.4. The van der Waals surface area contributed by atoms with Crippen LogP contribution < -0.4 is 5.32 Å². The van der Waals surface area contributed by atoms with Crippen molar-refractivity contribution in [1.82, 2.24) is 19.7 Å². The Bertz CT molecular complexity index is 1150. The zero-order chi connectivity index (χ0) is 19.7. The number of fused-ring (bicyclic) bond motifs is 1. The molecule has 1 N–H and O–H groups in total. The highest BCUT2D eigenvalue weighted by Gasteiger charge is 2.31. The first kappa shape index (κ1) is 18.1. The van der Waals surface area contributed by atoms with E-state index in [0.29, 0.717) is 21.9 Å². The Kier molecular flexibility index (Phi) is 4.55. The van der Waals surface area contributed by atoms with Gasteiger partial charge in [-0.1, -0.05) is 17.4 Å². The van der Waals surface area contributed by atoms with Crippen molar-refractivity contribution in [2.45, 2.75) is 12.7 Å². The van der Waals surface area contributed by atoms with Gasteiger partial charge in [0.15, 0.2) is 5.13 Å². The van der Waals surface area contributed by atoms with Crippen LogP contribution in [-0.2, 0) is 17.5 Å². The van der Waals surface area contributed by atoms with Crippen LogP contribution >= 0.6 is 11.3 Å². The molecule has 142 valence electrons. The Morgan fingerprint density at radius 2 is 2.00 bits per heavy atom. The fourth-order valence-corrected chi connectivity index (χ4v) is 3.56. The maximum Gasteiger partial charge on any atom is 0.417 e. The van der Waals surface area contributed by atoms with Crippen LogP contribution in [0.15, 0.2) is 49.1 Å². The molecular formula is C18H12F3N5OS. The number of anilines is 2. The van der Waals surface area contributed by atoms with E-state index in [1.165, 1.54) is 22.2 Å². The monoisotopic (exact) mass is 403 g/mol. The Balaban J connectivity index is 1.62. The molecule has 0 fully saturated rings. The van der Waals surface area contributed by atoms with E-state index in [0.717, 1.165) is 28.8 Å². The molecule has 1 aromatic carbocycles. The lowest BCUT2D eigenvalue weighted by Crippen LogP contribution is -2.05. The van der Waals surface area contributed by atoms with Gasteiger partial charge in [0.1, 0.15) is 6.29 Å². The fraction of sp³-hybridized carbons (Fsp3) is 0.111. The molecule has 6 nitrogen and oxygen atoms in total. The predicted octanol–water partition coefficient (Wildman–Crippen LogP) is 4.52. The number of aromatic nitrogens is 4. The molecule has 0 atom stereocenters. The van der Waals surface area contributed by atoms with Crippen LogP contribution in [0.1, 0.15) is 5.56 Å². The van der Waals surface area contributed by atoms with Crippen molar-refractivity contribution in [3.63, 3.8) is 0 Å². The van der Waals surface area contributed by atoms with Crippen molar-refractivity contribution in [2.75, 3.05) is 5.32 Å². The van der Waals surface area contributed by atoms with E-state index in [4.69, 9.17) is 0 Å². The fourth-order valence-electron chi connectivity index (χ4n) is 2.64. The van der Waals surface area contributed by atoms with Gasteiger partial charge in [-0.3, -0.25) is 9.67 Å². The van der Waals surface area contributed by atoms with Gasteiger partial charge in [-0.25, -0.2) is 4.98 Å². The topological polar surface area (TPSA) is 72.7 Å².